The third-order valence-electron chi connectivity index (χ3n) is 3.02. The van der Waals surface area contributed by atoms with E-state index in [0.717, 1.165) is 4.88 Å². The van der Waals surface area contributed by atoms with E-state index in [0.29, 0.717) is 12.3 Å². The van der Waals surface area contributed by atoms with Crippen LogP contribution in [0.3, 0.4) is 0 Å². The SMILES string of the molecule is COc1ccc(S(=O)(=O)N(C)Cc2cccs2)c(OC)c1. The molecular weight excluding hydrogens is 310 g/mol. The van der Waals surface area contributed by atoms with Crippen molar-refractivity contribution in [2.75, 3.05) is 21.3 Å². The molecule has 0 N–H and O–H groups in total. The van der Waals surface area contributed by atoms with Crippen molar-refractivity contribution in [2.24, 2.45) is 0 Å². The zero-order chi connectivity index (χ0) is 15.5. The predicted molar refractivity (Wildman–Crippen MR) is 82.5 cm³/mol. The Morgan fingerprint density at radius 2 is 1.95 bits per heavy atom. The minimum Gasteiger partial charge on any atom is -0.497 e. The summed E-state index contributed by atoms with van der Waals surface area (Å²) in [4.78, 5) is 1.11. The van der Waals surface area contributed by atoms with Crippen LogP contribution in [-0.2, 0) is 16.6 Å². The maximum absolute atomic E-state index is 12.6. The lowest BCUT2D eigenvalue weighted by atomic mass is 10.3. The third-order valence-corrected chi connectivity index (χ3v) is 5.72. The van der Waals surface area contributed by atoms with Gasteiger partial charge in [0, 0.05) is 24.5 Å². The molecule has 7 heteroatoms. The van der Waals surface area contributed by atoms with Crippen molar-refractivity contribution >= 4 is 21.4 Å². The fourth-order valence-corrected chi connectivity index (χ4v) is 3.98. The van der Waals surface area contributed by atoms with E-state index in [9.17, 15) is 8.42 Å². The minimum atomic E-state index is -3.62. The second kappa shape index (κ2) is 6.46. The van der Waals surface area contributed by atoms with Crippen LogP contribution in [0.1, 0.15) is 4.88 Å². The highest BCUT2D eigenvalue weighted by Crippen LogP contribution is 2.30. The van der Waals surface area contributed by atoms with E-state index in [1.807, 2.05) is 17.5 Å². The summed E-state index contributed by atoms with van der Waals surface area (Å²) in [6, 6.07) is 8.47. The molecule has 0 fully saturated rings. The summed E-state index contributed by atoms with van der Waals surface area (Å²) in [5.41, 5.74) is 0. The van der Waals surface area contributed by atoms with Crippen LogP contribution < -0.4 is 9.47 Å². The van der Waals surface area contributed by atoms with Crippen molar-refractivity contribution in [3.05, 3.63) is 40.6 Å². The molecule has 2 rings (SSSR count). The first-order valence-electron chi connectivity index (χ1n) is 6.19. The number of benzene rings is 1. The van der Waals surface area contributed by atoms with Crippen LogP contribution in [-0.4, -0.2) is 34.0 Å². The van der Waals surface area contributed by atoms with Crippen molar-refractivity contribution in [3.8, 4) is 11.5 Å². The Bertz CT molecular complexity index is 696. The van der Waals surface area contributed by atoms with Crippen LogP contribution in [0.2, 0.25) is 0 Å². The van der Waals surface area contributed by atoms with Crippen LogP contribution in [0.5, 0.6) is 11.5 Å². The summed E-state index contributed by atoms with van der Waals surface area (Å²) >= 11 is 1.52. The number of sulfonamides is 1. The molecule has 114 valence electrons. The first-order valence-corrected chi connectivity index (χ1v) is 8.51. The summed E-state index contributed by atoms with van der Waals surface area (Å²) in [5.74, 6) is 0.819. The average Bonchev–Trinajstić information content (AvgIpc) is 2.99. The second-order valence-corrected chi connectivity index (χ2v) is 7.40. The normalized spacial score (nSPS) is 11.6. The van der Waals surface area contributed by atoms with Gasteiger partial charge in [0.15, 0.2) is 0 Å². The first kappa shape index (κ1) is 15.8. The van der Waals surface area contributed by atoms with Gasteiger partial charge in [-0.15, -0.1) is 11.3 Å². The number of hydrogen-bond donors (Lipinski definition) is 0. The van der Waals surface area contributed by atoms with Gasteiger partial charge in [0.1, 0.15) is 16.4 Å². The fraction of sp³-hybridized carbons (Fsp3) is 0.286. The van der Waals surface area contributed by atoms with Gasteiger partial charge in [0.2, 0.25) is 10.0 Å². The molecule has 2 aromatic rings. The number of nitrogens with zero attached hydrogens (tertiary/aromatic N) is 1. The molecule has 0 aliphatic heterocycles. The van der Waals surface area contributed by atoms with Crippen LogP contribution in [0.15, 0.2) is 40.6 Å². The largest absolute Gasteiger partial charge is 0.497 e. The topological polar surface area (TPSA) is 55.8 Å². The quantitative estimate of drug-likeness (QED) is 0.818. The van der Waals surface area contributed by atoms with Crippen molar-refractivity contribution < 1.29 is 17.9 Å². The van der Waals surface area contributed by atoms with Crippen LogP contribution >= 0.6 is 11.3 Å². The molecule has 1 heterocycles. The fourth-order valence-electron chi connectivity index (χ4n) is 1.86. The highest BCUT2D eigenvalue weighted by molar-refractivity contribution is 7.89. The van der Waals surface area contributed by atoms with E-state index in [4.69, 9.17) is 9.47 Å². The maximum Gasteiger partial charge on any atom is 0.246 e. The van der Waals surface area contributed by atoms with E-state index in [1.54, 1.807) is 19.2 Å². The van der Waals surface area contributed by atoms with E-state index < -0.39 is 10.0 Å². The van der Waals surface area contributed by atoms with Gasteiger partial charge in [-0.05, 0) is 23.6 Å². The molecule has 0 radical (unpaired) electrons. The highest BCUT2D eigenvalue weighted by Gasteiger charge is 2.25. The molecule has 0 aliphatic rings. The second-order valence-electron chi connectivity index (χ2n) is 4.36. The minimum absolute atomic E-state index is 0.129. The Kier molecular flexibility index (Phi) is 4.87. The van der Waals surface area contributed by atoms with E-state index >= 15 is 0 Å². The number of rotatable bonds is 6. The summed E-state index contributed by atoms with van der Waals surface area (Å²) in [5, 5.41) is 1.92. The summed E-state index contributed by atoms with van der Waals surface area (Å²) < 4.78 is 36.9. The third kappa shape index (κ3) is 3.37. The maximum atomic E-state index is 12.6. The molecule has 5 nitrogen and oxygen atoms in total. The molecule has 0 amide bonds. The van der Waals surface area contributed by atoms with Crippen LogP contribution in [0.25, 0.3) is 0 Å². The van der Waals surface area contributed by atoms with Crippen molar-refractivity contribution in [1.29, 1.82) is 0 Å². The Hall–Kier alpha value is -1.57. The van der Waals surface area contributed by atoms with Gasteiger partial charge in [0.05, 0.1) is 14.2 Å². The molecule has 0 saturated heterocycles. The Labute approximate surface area is 128 Å². The predicted octanol–water partition coefficient (Wildman–Crippen LogP) is 2.59. The monoisotopic (exact) mass is 327 g/mol. The molecular formula is C14H17NO4S2. The molecule has 1 aromatic carbocycles. The lowest BCUT2D eigenvalue weighted by Crippen LogP contribution is -2.26. The van der Waals surface area contributed by atoms with Gasteiger partial charge in [-0.1, -0.05) is 6.07 Å². The first-order chi connectivity index (χ1) is 9.98. The lowest BCUT2D eigenvalue weighted by molar-refractivity contribution is 0.383. The Morgan fingerprint density at radius 1 is 1.19 bits per heavy atom. The van der Waals surface area contributed by atoms with Gasteiger partial charge < -0.3 is 9.47 Å². The van der Waals surface area contributed by atoms with E-state index in [-0.39, 0.29) is 10.6 Å². The molecule has 1 aromatic heterocycles. The average molecular weight is 327 g/mol. The van der Waals surface area contributed by atoms with Crippen molar-refractivity contribution in [2.45, 2.75) is 11.4 Å². The highest BCUT2D eigenvalue weighted by atomic mass is 32.2. The number of methoxy groups -OCH3 is 2. The van der Waals surface area contributed by atoms with Gasteiger partial charge in [-0.2, -0.15) is 4.31 Å². The number of thiophene rings is 1. The summed E-state index contributed by atoms with van der Waals surface area (Å²) in [7, 11) is 0.888. The molecule has 0 aliphatic carbocycles. The number of ether oxygens (including phenoxy) is 2. The summed E-state index contributed by atoms with van der Waals surface area (Å²) in [6.45, 7) is 0.329. The Morgan fingerprint density at radius 3 is 2.52 bits per heavy atom. The standard InChI is InChI=1S/C14H17NO4S2/c1-15(10-12-5-4-8-20-12)21(16,17)14-7-6-11(18-2)9-13(14)19-3/h4-9H,10H2,1-3H3. The summed E-state index contributed by atoms with van der Waals surface area (Å²) in [6.07, 6.45) is 0. The zero-order valence-corrected chi connectivity index (χ0v) is 13.7. The molecule has 0 spiro atoms. The molecule has 21 heavy (non-hydrogen) atoms. The molecule has 0 atom stereocenters. The van der Waals surface area contributed by atoms with E-state index in [2.05, 4.69) is 0 Å². The van der Waals surface area contributed by atoms with Gasteiger partial charge in [-0.3, -0.25) is 0 Å². The van der Waals surface area contributed by atoms with Crippen LogP contribution in [0, 0.1) is 0 Å². The molecule has 0 bridgehead atoms. The van der Waals surface area contributed by atoms with Crippen molar-refractivity contribution in [3.63, 3.8) is 0 Å². The van der Waals surface area contributed by atoms with Crippen LogP contribution in [0.4, 0.5) is 0 Å². The zero-order valence-electron chi connectivity index (χ0n) is 12.1. The molecule has 0 unspecified atom stereocenters. The lowest BCUT2D eigenvalue weighted by Gasteiger charge is -2.18. The van der Waals surface area contributed by atoms with Gasteiger partial charge in [-0.25, -0.2) is 8.42 Å². The van der Waals surface area contributed by atoms with E-state index in [1.165, 1.54) is 35.9 Å². The molecule has 0 saturated carbocycles. The van der Waals surface area contributed by atoms with Gasteiger partial charge in [0.25, 0.3) is 0 Å². The smallest absolute Gasteiger partial charge is 0.246 e. The van der Waals surface area contributed by atoms with Crippen molar-refractivity contribution in [1.82, 2.24) is 4.31 Å². The number of hydrogen-bond acceptors (Lipinski definition) is 5. The van der Waals surface area contributed by atoms with Gasteiger partial charge >= 0.3 is 0 Å². The Balaban J connectivity index is 2.34.